The monoisotopic (exact) mass is 369 g/mol. The second-order valence-corrected chi connectivity index (χ2v) is 7.24. The van der Waals surface area contributed by atoms with Crippen LogP contribution in [0.2, 0.25) is 0 Å². The van der Waals surface area contributed by atoms with E-state index in [2.05, 4.69) is 47.1 Å². The highest BCUT2D eigenvalue weighted by molar-refractivity contribution is 5.94. The highest BCUT2D eigenvalue weighted by atomic mass is 16.5. The summed E-state index contributed by atoms with van der Waals surface area (Å²) in [6, 6.07) is 11.9. The van der Waals surface area contributed by atoms with E-state index in [1.807, 2.05) is 24.3 Å². The number of aryl methyl sites for hydroxylation is 1. The summed E-state index contributed by atoms with van der Waals surface area (Å²) in [5.74, 6) is 0.785. The van der Waals surface area contributed by atoms with Gasteiger partial charge in [0.1, 0.15) is 5.75 Å². The van der Waals surface area contributed by atoms with Crippen molar-refractivity contribution < 1.29 is 9.53 Å². The molecule has 1 unspecified atom stereocenters. The number of likely N-dealkylation sites (tertiary alicyclic amines) is 1. The van der Waals surface area contributed by atoms with E-state index in [1.54, 1.807) is 0 Å². The van der Waals surface area contributed by atoms with Crippen molar-refractivity contribution in [3.63, 3.8) is 0 Å². The third-order valence-electron chi connectivity index (χ3n) is 5.25. The van der Waals surface area contributed by atoms with Crippen molar-refractivity contribution in [3.05, 3.63) is 53.9 Å². The molecule has 1 saturated heterocycles. The molecule has 2 heterocycles. The summed E-state index contributed by atoms with van der Waals surface area (Å²) in [4.78, 5) is 15.1. The quantitative estimate of drug-likeness (QED) is 0.685. The highest BCUT2D eigenvalue weighted by Crippen LogP contribution is 2.24. The number of unbranched alkanes of at least 4 members (excludes halogenated alkanes) is 1. The van der Waals surface area contributed by atoms with Gasteiger partial charge in [0.25, 0.3) is 5.91 Å². The molecule has 1 aromatic heterocycles. The predicted octanol–water partition coefficient (Wildman–Crippen LogP) is 3.77. The van der Waals surface area contributed by atoms with Crippen LogP contribution in [0.25, 0.3) is 0 Å². The third-order valence-corrected chi connectivity index (χ3v) is 5.25. The van der Waals surface area contributed by atoms with E-state index < -0.39 is 0 Å². The number of benzene rings is 1. The van der Waals surface area contributed by atoms with E-state index in [0.29, 0.717) is 12.1 Å². The molecule has 1 fully saturated rings. The SMILES string of the molecule is CCCCOc1ccc(C(=O)NCC(c2cccn2C)N2CCCC2)cc1. The van der Waals surface area contributed by atoms with Gasteiger partial charge >= 0.3 is 0 Å². The number of carbonyl (C=O) groups excluding carboxylic acids is 1. The minimum absolute atomic E-state index is 0.0338. The largest absolute Gasteiger partial charge is 0.494 e. The Kier molecular flexibility index (Phi) is 6.93. The number of nitrogens with zero attached hydrogens (tertiary/aromatic N) is 2. The van der Waals surface area contributed by atoms with Crippen LogP contribution < -0.4 is 10.1 Å². The normalized spacial score (nSPS) is 15.6. The minimum Gasteiger partial charge on any atom is -0.494 e. The van der Waals surface area contributed by atoms with E-state index in [-0.39, 0.29) is 11.9 Å². The van der Waals surface area contributed by atoms with Crippen LogP contribution in [0.5, 0.6) is 5.75 Å². The number of hydrogen-bond acceptors (Lipinski definition) is 3. The van der Waals surface area contributed by atoms with E-state index in [1.165, 1.54) is 18.5 Å². The topological polar surface area (TPSA) is 46.5 Å². The lowest BCUT2D eigenvalue weighted by molar-refractivity contribution is 0.0936. The number of amides is 1. The molecule has 1 atom stereocenters. The number of hydrogen-bond donors (Lipinski definition) is 1. The Morgan fingerprint density at radius 2 is 1.93 bits per heavy atom. The molecule has 1 aliphatic rings. The first-order chi connectivity index (χ1) is 13.2. The standard InChI is InChI=1S/C22H31N3O2/c1-3-4-16-27-19-11-9-18(10-12-19)22(26)23-17-21(25-14-5-6-15-25)20-8-7-13-24(20)2/h7-13,21H,3-6,14-17H2,1-2H3,(H,23,26). The van der Waals surface area contributed by atoms with Gasteiger partial charge in [-0.25, -0.2) is 0 Å². The molecule has 0 radical (unpaired) electrons. The Labute approximate surface area is 162 Å². The molecule has 5 nitrogen and oxygen atoms in total. The van der Waals surface area contributed by atoms with Crippen LogP contribution in [-0.4, -0.2) is 41.6 Å². The number of carbonyl (C=O) groups is 1. The first-order valence-corrected chi connectivity index (χ1v) is 10.1. The average molecular weight is 370 g/mol. The molecule has 5 heteroatoms. The summed E-state index contributed by atoms with van der Waals surface area (Å²) in [5, 5.41) is 3.13. The Hall–Kier alpha value is -2.27. The van der Waals surface area contributed by atoms with E-state index >= 15 is 0 Å². The fourth-order valence-corrected chi connectivity index (χ4v) is 3.62. The van der Waals surface area contributed by atoms with Crippen molar-refractivity contribution >= 4 is 5.91 Å². The Bertz CT molecular complexity index is 717. The fraction of sp³-hybridized carbons (Fsp3) is 0.500. The Morgan fingerprint density at radius 1 is 1.19 bits per heavy atom. The lowest BCUT2D eigenvalue weighted by Gasteiger charge is -2.28. The summed E-state index contributed by atoms with van der Waals surface area (Å²) in [6.07, 6.45) is 6.68. The van der Waals surface area contributed by atoms with Crippen LogP contribution in [0.4, 0.5) is 0 Å². The predicted molar refractivity (Wildman–Crippen MR) is 108 cm³/mol. The van der Waals surface area contributed by atoms with Crippen LogP contribution >= 0.6 is 0 Å². The van der Waals surface area contributed by atoms with Crippen LogP contribution in [0.1, 0.15) is 54.7 Å². The molecule has 0 bridgehead atoms. The van der Waals surface area contributed by atoms with Crippen LogP contribution in [0.15, 0.2) is 42.6 Å². The zero-order chi connectivity index (χ0) is 19.1. The summed E-state index contributed by atoms with van der Waals surface area (Å²) >= 11 is 0. The fourth-order valence-electron chi connectivity index (χ4n) is 3.62. The lowest BCUT2D eigenvalue weighted by Crippen LogP contribution is -2.37. The van der Waals surface area contributed by atoms with Crippen molar-refractivity contribution in [2.75, 3.05) is 26.2 Å². The summed E-state index contributed by atoms with van der Waals surface area (Å²) in [7, 11) is 2.07. The number of nitrogens with one attached hydrogen (secondary N) is 1. The van der Waals surface area contributed by atoms with Gasteiger partial charge in [0.15, 0.2) is 0 Å². The minimum atomic E-state index is -0.0338. The van der Waals surface area contributed by atoms with Crippen molar-refractivity contribution in [3.8, 4) is 5.75 Å². The summed E-state index contributed by atoms with van der Waals surface area (Å²) in [5.41, 5.74) is 1.92. The van der Waals surface area contributed by atoms with Gasteiger partial charge in [-0.2, -0.15) is 0 Å². The van der Waals surface area contributed by atoms with Gasteiger partial charge in [0.2, 0.25) is 0 Å². The van der Waals surface area contributed by atoms with Crippen molar-refractivity contribution in [1.82, 2.24) is 14.8 Å². The molecule has 0 spiro atoms. The van der Waals surface area contributed by atoms with E-state index in [0.717, 1.165) is 38.3 Å². The molecule has 2 aromatic rings. The molecular weight excluding hydrogens is 338 g/mol. The van der Waals surface area contributed by atoms with Crippen LogP contribution in [-0.2, 0) is 7.05 Å². The second kappa shape index (κ2) is 9.60. The maximum absolute atomic E-state index is 12.6. The number of rotatable bonds is 9. The van der Waals surface area contributed by atoms with Crippen molar-refractivity contribution in [1.29, 1.82) is 0 Å². The summed E-state index contributed by atoms with van der Waals surface area (Å²) < 4.78 is 7.82. The first-order valence-electron chi connectivity index (χ1n) is 10.1. The zero-order valence-corrected chi connectivity index (χ0v) is 16.5. The Balaban J connectivity index is 1.59. The average Bonchev–Trinajstić information content (AvgIpc) is 3.35. The van der Waals surface area contributed by atoms with Crippen LogP contribution in [0.3, 0.4) is 0 Å². The second-order valence-electron chi connectivity index (χ2n) is 7.24. The molecule has 3 rings (SSSR count). The maximum atomic E-state index is 12.6. The first kappa shape index (κ1) is 19.5. The van der Waals surface area contributed by atoms with Gasteiger partial charge in [-0.3, -0.25) is 9.69 Å². The van der Waals surface area contributed by atoms with Crippen molar-refractivity contribution in [2.24, 2.45) is 7.05 Å². The van der Waals surface area contributed by atoms with Gasteiger partial charge in [0.05, 0.1) is 12.6 Å². The van der Waals surface area contributed by atoms with E-state index in [4.69, 9.17) is 4.74 Å². The van der Waals surface area contributed by atoms with E-state index in [9.17, 15) is 4.79 Å². The van der Waals surface area contributed by atoms with Gasteiger partial charge in [-0.15, -0.1) is 0 Å². The molecule has 0 saturated carbocycles. The van der Waals surface area contributed by atoms with Crippen molar-refractivity contribution in [2.45, 2.75) is 38.6 Å². The van der Waals surface area contributed by atoms with Gasteiger partial charge in [-0.05, 0) is 68.8 Å². The molecule has 1 amide bonds. The van der Waals surface area contributed by atoms with Crippen LogP contribution in [0, 0.1) is 0 Å². The number of ether oxygens (including phenoxy) is 1. The van der Waals surface area contributed by atoms with Gasteiger partial charge in [0, 0.05) is 31.0 Å². The molecule has 0 aliphatic carbocycles. The molecule has 1 aromatic carbocycles. The molecular formula is C22H31N3O2. The summed E-state index contributed by atoms with van der Waals surface area (Å²) in [6.45, 7) is 5.66. The van der Waals surface area contributed by atoms with Gasteiger partial charge in [-0.1, -0.05) is 13.3 Å². The highest BCUT2D eigenvalue weighted by Gasteiger charge is 2.25. The third kappa shape index (κ3) is 5.13. The molecule has 1 aliphatic heterocycles. The Morgan fingerprint density at radius 3 is 2.56 bits per heavy atom. The molecule has 146 valence electrons. The smallest absolute Gasteiger partial charge is 0.251 e. The zero-order valence-electron chi connectivity index (χ0n) is 16.5. The maximum Gasteiger partial charge on any atom is 0.251 e. The van der Waals surface area contributed by atoms with Gasteiger partial charge < -0.3 is 14.6 Å². The molecule has 27 heavy (non-hydrogen) atoms. The molecule has 1 N–H and O–H groups in total. The lowest BCUT2D eigenvalue weighted by atomic mass is 10.1. The number of aromatic nitrogens is 1.